The van der Waals surface area contributed by atoms with Gasteiger partial charge in [0.2, 0.25) is 5.89 Å². The number of nitrogens with zero attached hydrogens (tertiary/aromatic N) is 3. The lowest BCUT2D eigenvalue weighted by Crippen LogP contribution is -2.33. The molecule has 0 saturated carbocycles. The fraction of sp³-hybridized carbons (Fsp3) is 0.474. The third-order valence-corrected chi connectivity index (χ3v) is 4.72. The molecule has 6 nitrogen and oxygen atoms in total. The molecule has 0 spiro atoms. The minimum absolute atomic E-state index is 0.293. The van der Waals surface area contributed by atoms with Gasteiger partial charge in [-0.15, -0.1) is 0 Å². The first-order valence-electron chi connectivity index (χ1n) is 8.83. The molecule has 25 heavy (non-hydrogen) atoms. The van der Waals surface area contributed by atoms with Crippen LogP contribution in [-0.2, 0) is 17.7 Å². The summed E-state index contributed by atoms with van der Waals surface area (Å²) in [5.41, 5.74) is 0.950. The van der Waals surface area contributed by atoms with Gasteiger partial charge in [-0.2, -0.15) is 4.98 Å². The van der Waals surface area contributed by atoms with Crippen molar-refractivity contribution in [3.8, 4) is 0 Å². The number of furan rings is 1. The molecule has 1 saturated heterocycles. The first kappa shape index (κ1) is 16.3. The van der Waals surface area contributed by atoms with E-state index < -0.39 is 0 Å². The monoisotopic (exact) mass is 341 g/mol. The first-order chi connectivity index (χ1) is 12.3. The van der Waals surface area contributed by atoms with Crippen LogP contribution in [0, 0.1) is 0 Å². The van der Waals surface area contributed by atoms with Crippen LogP contribution in [0.5, 0.6) is 0 Å². The van der Waals surface area contributed by atoms with Gasteiger partial charge in [-0.25, -0.2) is 0 Å². The molecule has 0 amide bonds. The van der Waals surface area contributed by atoms with Gasteiger partial charge >= 0.3 is 0 Å². The van der Waals surface area contributed by atoms with E-state index in [2.05, 4.69) is 27.2 Å². The number of para-hydroxylation sites is 1. The molecule has 6 heteroatoms. The van der Waals surface area contributed by atoms with E-state index in [0.717, 1.165) is 60.9 Å². The summed E-state index contributed by atoms with van der Waals surface area (Å²) in [7, 11) is 1.68. The number of hydrogen-bond donors (Lipinski definition) is 0. The maximum atomic E-state index is 5.95. The van der Waals surface area contributed by atoms with Crippen LogP contribution in [0.4, 0.5) is 0 Å². The SMILES string of the molecule is COCCc1noc([C@@H]2CCCN(Cc3cc4ccccc4o3)C2)n1. The number of ether oxygens (including phenoxy) is 1. The lowest BCUT2D eigenvalue weighted by Gasteiger charge is -2.30. The molecule has 0 radical (unpaired) electrons. The lowest BCUT2D eigenvalue weighted by atomic mass is 9.98. The number of rotatable bonds is 6. The van der Waals surface area contributed by atoms with Crippen molar-refractivity contribution < 1.29 is 13.7 Å². The van der Waals surface area contributed by atoms with Crippen molar-refractivity contribution in [1.82, 2.24) is 15.0 Å². The van der Waals surface area contributed by atoms with Gasteiger partial charge in [0, 0.05) is 25.5 Å². The normalized spacial score (nSPS) is 18.8. The minimum atomic E-state index is 0.293. The number of methoxy groups -OCH3 is 1. The van der Waals surface area contributed by atoms with Crippen LogP contribution >= 0.6 is 0 Å². The Bertz CT molecular complexity index is 793. The van der Waals surface area contributed by atoms with Crippen LogP contribution in [0.2, 0.25) is 0 Å². The molecule has 0 N–H and O–H groups in total. The third-order valence-electron chi connectivity index (χ3n) is 4.72. The highest BCUT2D eigenvalue weighted by Crippen LogP contribution is 2.28. The summed E-state index contributed by atoms with van der Waals surface area (Å²) in [6.07, 6.45) is 2.90. The molecule has 1 atom stereocenters. The Morgan fingerprint density at radius 2 is 2.24 bits per heavy atom. The van der Waals surface area contributed by atoms with Crippen molar-refractivity contribution in [3.05, 3.63) is 47.8 Å². The highest BCUT2D eigenvalue weighted by atomic mass is 16.5. The zero-order valence-corrected chi connectivity index (χ0v) is 14.5. The smallest absolute Gasteiger partial charge is 0.231 e. The van der Waals surface area contributed by atoms with Crippen molar-refractivity contribution in [2.24, 2.45) is 0 Å². The number of piperidine rings is 1. The fourth-order valence-corrected chi connectivity index (χ4v) is 3.46. The number of benzene rings is 1. The van der Waals surface area contributed by atoms with Gasteiger partial charge in [0.15, 0.2) is 5.82 Å². The molecule has 132 valence electrons. The predicted molar refractivity (Wildman–Crippen MR) is 93.3 cm³/mol. The topological polar surface area (TPSA) is 64.5 Å². The number of likely N-dealkylation sites (tertiary alicyclic amines) is 1. The van der Waals surface area contributed by atoms with Gasteiger partial charge in [0.05, 0.1) is 19.1 Å². The molecule has 3 heterocycles. The molecule has 0 aliphatic carbocycles. The van der Waals surface area contributed by atoms with Crippen molar-refractivity contribution in [2.45, 2.75) is 31.7 Å². The molecule has 2 aromatic heterocycles. The Morgan fingerprint density at radius 3 is 3.12 bits per heavy atom. The van der Waals surface area contributed by atoms with Crippen LogP contribution in [0.1, 0.15) is 36.2 Å². The predicted octanol–water partition coefficient (Wildman–Crippen LogP) is 3.38. The van der Waals surface area contributed by atoms with Crippen LogP contribution < -0.4 is 0 Å². The van der Waals surface area contributed by atoms with Crippen LogP contribution in [0.15, 0.2) is 39.3 Å². The van der Waals surface area contributed by atoms with E-state index in [0.29, 0.717) is 18.9 Å². The molecule has 0 unspecified atom stereocenters. The van der Waals surface area contributed by atoms with E-state index in [9.17, 15) is 0 Å². The zero-order valence-electron chi connectivity index (χ0n) is 14.5. The van der Waals surface area contributed by atoms with Gasteiger partial charge in [0.1, 0.15) is 11.3 Å². The molecular formula is C19H23N3O3. The van der Waals surface area contributed by atoms with Crippen molar-refractivity contribution in [3.63, 3.8) is 0 Å². The number of aromatic nitrogens is 2. The van der Waals surface area contributed by atoms with Crippen molar-refractivity contribution in [1.29, 1.82) is 0 Å². The molecular weight excluding hydrogens is 318 g/mol. The van der Waals surface area contributed by atoms with E-state index in [-0.39, 0.29) is 0 Å². The molecule has 4 rings (SSSR count). The van der Waals surface area contributed by atoms with E-state index in [1.165, 1.54) is 0 Å². The average Bonchev–Trinajstić information content (AvgIpc) is 3.26. The summed E-state index contributed by atoms with van der Waals surface area (Å²) >= 11 is 0. The largest absolute Gasteiger partial charge is 0.460 e. The minimum Gasteiger partial charge on any atom is -0.460 e. The quantitative estimate of drug-likeness (QED) is 0.685. The fourth-order valence-electron chi connectivity index (χ4n) is 3.46. The van der Waals surface area contributed by atoms with Crippen LogP contribution in [0.25, 0.3) is 11.0 Å². The lowest BCUT2D eigenvalue weighted by molar-refractivity contribution is 0.170. The molecule has 1 aliphatic rings. The highest BCUT2D eigenvalue weighted by Gasteiger charge is 2.26. The number of hydrogen-bond acceptors (Lipinski definition) is 6. The molecule has 0 bridgehead atoms. The van der Waals surface area contributed by atoms with E-state index in [4.69, 9.17) is 13.7 Å². The second-order valence-electron chi connectivity index (χ2n) is 6.62. The summed E-state index contributed by atoms with van der Waals surface area (Å²) in [6.45, 7) is 3.42. The highest BCUT2D eigenvalue weighted by molar-refractivity contribution is 5.77. The van der Waals surface area contributed by atoms with E-state index in [1.54, 1.807) is 7.11 Å². The Labute approximate surface area is 146 Å². The zero-order chi connectivity index (χ0) is 17.1. The Balaban J connectivity index is 1.41. The summed E-state index contributed by atoms with van der Waals surface area (Å²) < 4.78 is 16.5. The van der Waals surface area contributed by atoms with Crippen LogP contribution in [0.3, 0.4) is 0 Å². The second-order valence-corrected chi connectivity index (χ2v) is 6.62. The summed E-state index contributed by atoms with van der Waals surface area (Å²) in [5, 5.41) is 5.22. The van der Waals surface area contributed by atoms with Crippen LogP contribution in [-0.4, -0.2) is 41.8 Å². The van der Waals surface area contributed by atoms with Gasteiger partial charge in [-0.1, -0.05) is 23.4 Å². The summed E-state index contributed by atoms with van der Waals surface area (Å²) in [5.74, 6) is 2.78. The summed E-state index contributed by atoms with van der Waals surface area (Å²) in [4.78, 5) is 6.95. The average molecular weight is 341 g/mol. The molecule has 1 aliphatic heterocycles. The Kier molecular flexibility index (Phi) is 4.81. The Morgan fingerprint density at radius 1 is 1.32 bits per heavy atom. The van der Waals surface area contributed by atoms with Crippen molar-refractivity contribution >= 4 is 11.0 Å². The van der Waals surface area contributed by atoms with E-state index >= 15 is 0 Å². The Hall–Kier alpha value is -2.18. The number of fused-ring (bicyclic) bond motifs is 1. The third kappa shape index (κ3) is 3.75. The molecule has 1 fully saturated rings. The summed E-state index contributed by atoms with van der Waals surface area (Å²) in [6, 6.07) is 10.3. The first-order valence-corrected chi connectivity index (χ1v) is 8.83. The van der Waals surface area contributed by atoms with E-state index in [1.807, 2.05) is 18.2 Å². The second kappa shape index (κ2) is 7.37. The standard InChI is InChI=1S/C19H23N3O3/c1-23-10-8-18-20-19(25-21-18)15-6-4-9-22(12-15)13-16-11-14-5-2-3-7-17(14)24-16/h2-3,5,7,11,15H,4,6,8-10,12-13H2,1H3/t15-/m1/s1. The van der Waals surface area contributed by atoms with Crippen molar-refractivity contribution in [2.75, 3.05) is 26.8 Å². The van der Waals surface area contributed by atoms with Gasteiger partial charge < -0.3 is 13.7 Å². The molecule has 3 aromatic rings. The maximum Gasteiger partial charge on any atom is 0.231 e. The van der Waals surface area contributed by atoms with Gasteiger partial charge in [-0.05, 0) is 31.5 Å². The maximum absolute atomic E-state index is 5.95. The van der Waals surface area contributed by atoms with Gasteiger partial charge in [0.25, 0.3) is 0 Å². The molecule has 1 aromatic carbocycles. The van der Waals surface area contributed by atoms with Gasteiger partial charge in [-0.3, -0.25) is 4.90 Å².